The van der Waals surface area contributed by atoms with Gasteiger partial charge in [-0.25, -0.2) is 4.79 Å². The first-order valence-corrected chi connectivity index (χ1v) is 8.10. The highest BCUT2D eigenvalue weighted by molar-refractivity contribution is 5.80. The number of esters is 1. The van der Waals surface area contributed by atoms with Crippen LogP contribution in [0.1, 0.15) is 25.8 Å². The van der Waals surface area contributed by atoms with E-state index in [4.69, 9.17) is 13.9 Å². The number of likely N-dealkylation sites (tertiary alicyclic amines) is 1. The van der Waals surface area contributed by atoms with E-state index in [1.54, 1.807) is 34.8 Å². The van der Waals surface area contributed by atoms with E-state index in [2.05, 4.69) is 0 Å². The summed E-state index contributed by atoms with van der Waals surface area (Å²) >= 11 is 0. The molecule has 0 bridgehead atoms. The van der Waals surface area contributed by atoms with Gasteiger partial charge in [-0.3, -0.25) is 14.2 Å². The maximum atomic E-state index is 12.2. The fourth-order valence-electron chi connectivity index (χ4n) is 3.11. The number of benzene rings is 1. The van der Waals surface area contributed by atoms with Gasteiger partial charge in [0.05, 0.1) is 12.6 Å². The monoisotopic (exact) mass is 348 g/mol. The van der Waals surface area contributed by atoms with Crippen LogP contribution in [0.3, 0.4) is 0 Å². The summed E-state index contributed by atoms with van der Waals surface area (Å²) in [6, 6.07) is 5.17. The van der Waals surface area contributed by atoms with E-state index >= 15 is 0 Å². The number of nitrogens with zero attached hydrogens (tertiary/aromatic N) is 2. The Morgan fingerprint density at radius 1 is 1.28 bits per heavy atom. The number of carbonyl (C=O) groups excluding carboxylic acids is 2. The van der Waals surface area contributed by atoms with Gasteiger partial charge in [0.25, 0.3) is 5.91 Å². The SMILES string of the molecule is COc1ccc2oc(=O)n(C3CCN(C(=O)COC(C)=O)CC3)c2c1. The fourth-order valence-corrected chi connectivity index (χ4v) is 3.11. The predicted octanol–water partition coefficient (Wildman–Crippen LogP) is 1.33. The number of hydrogen-bond acceptors (Lipinski definition) is 6. The smallest absolute Gasteiger partial charge is 0.420 e. The molecule has 2 heterocycles. The number of hydrogen-bond donors (Lipinski definition) is 0. The second kappa shape index (κ2) is 7.00. The Kier molecular flexibility index (Phi) is 4.78. The third-order valence-electron chi connectivity index (χ3n) is 4.40. The van der Waals surface area contributed by atoms with E-state index in [0.29, 0.717) is 42.8 Å². The Bertz CT molecular complexity index is 844. The minimum atomic E-state index is -0.478. The van der Waals surface area contributed by atoms with Crippen molar-refractivity contribution in [2.24, 2.45) is 0 Å². The molecule has 0 unspecified atom stereocenters. The van der Waals surface area contributed by atoms with Crippen LogP contribution >= 0.6 is 0 Å². The van der Waals surface area contributed by atoms with Crippen molar-refractivity contribution in [3.8, 4) is 5.75 Å². The molecular formula is C17H20N2O6. The molecule has 134 valence electrons. The molecule has 0 atom stereocenters. The van der Waals surface area contributed by atoms with E-state index in [1.807, 2.05) is 0 Å². The average molecular weight is 348 g/mol. The summed E-state index contributed by atoms with van der Waals surface area (Å²) < 4.78 is 16.9. The molecule has 25 heavy (non-hydrogen) atoms. The maximum absolute atomic E-state index is 12.2. The summed E-state index contributed by atoms with van der Waals surface area (Å²) in [6.45, 7) is 2.01. The van der Waals surface area contributed by atoms with Gasteiger partial charge in [-0.2, -0.15) is 0 Å². The van der Waals surface area contributed by atoms with Crippen LogP contribution < -0.4 is 10.5 Å². The van der Waals surface area contributed by atoms with Crippen molar-refractivity contribution in [2.75, 3.05) is 26.8 Å². The molecule has 8 nitrogen and oxygen atoms in total. The number of methoxy groups -OCH3 is 1. The standard InChI is InChI=1S/C17H20N2O6/c1-11(20)24-10-16(21)18-7-5-12(6-8-18)19-14-9-13(23-2)3-4-15(14)25-17(19)22/h3-4,9,12H,5-8,10H2,1-2H3. The van der Waals surface area contributed by atoms with Gasteiger partial charge in [0.2, 0.25) is 0 Å². The summed E-state index contributed by atoms with van der Waals surface area (Å²) in [6.07, 6.45) is 1.25. The topological polar surface area (TPSA) is 91.0 Å². The van der Waals surface area contributed by atoms with Gasteiger partial charge in [-0.05, 0) is 25.0 Å². The maximum Gasteiger partial charge on any atom is 0.420 e. The molecule has 1 aromatic heterocycles. The summed E-state index contributed by atoms with van der Waals surface area (Å²) in [4.78, 5) is 36.7. The number of ether oxygens (including phenoxy) is 2. The molecule has 8 heteroatoms. The van der Waals surface area contributed by atoms with Crippen molar-refractivity contribution in [3.05, 3.63) is 28.7 Å². The molecule has 0 spiro atoms. The highest BCUT2D eigenvalue weighted by Gasteiger charge is 2.27. The van der Waals surface area contributed by atoms with Crippen LogP contribution in [0.25, 0.3) is 11.1 Å². The number of piperidine rings is 1. The van der Waals surface area contributed by atoms with Crippen molar-refractivity contribution >= 4 is 23.0 Å². The number of amides is 1. The van der Waals surface area contributed by atoms with E-state index in [0.717, 1.165) is 0 Å². The van der Waals surface area contributed by atoms with Gasteiger partial charge in [-0.15, -0.1) is 0 Å². The average Bonchev–Trinajstić information content (AvgIpc) is 2.94. The molecule has 2 aromatic rings. The molecule has 1 aromatic carbocycles. The van der Waals surface area contributed by atoms with Crippen LogP contribution in [0.15, 0.2) is 27.4 Å². The molecule has 1 aliphatic rings. The Morgan fingerprint density at radius 2 is 2.00 bits per heavy atom. The van der Waals surface area contributed by atoms with Crippen LogP contribution in [0.2, 0.25) is 0 Å². The Labute approximate surface area is 143 Å². The van der Waals surface area contributed by atoms with Crippen molar-refractivity contribution < 1.29 is 23.5 Å². The zero-order valence-electron chi connectivity index (χ0n) is 14.2. The molecule has 1 aliphatic heterocycles. The Balaban J connectivity index is 1.74. The first-order chi connectivity index (χ1) is 12.0. The highest BCUT2D eigenvalue weighted by Crippen LogP contribution is 2.27. The number of carbonyl (C=O) groups is 2. The van der Waals surface area contributed by atoms with E-state index in [-0.39, 0.29) is 18.6 Å². The first-order valence-electron chi connectivity index (χ1n) is 8.10. The molecule has 0 radical (unpaired) electrons. The predicted molar refractivity (Wildman–Crippen MR) is 88.5 cm³/mol. The molecule has 1 amide bonds. The lowest BCUT2D eigenvalue weighted by atomic mass is 10.0. The van der Waals surface area contributed by atoms with Crippen molar-refractivity contribution in [3.63, 3.8) is 0 Å². The molecule has 0 saturated carbocycles. The lowest BCUT2D eigenvalue weighted by molar-refractivity contribution is -0.150. The molecule has 0 N–H and O–H groups in total. The molecule has 0 aliphatic carbocycles. The van der Waals surface area contributed by atoms with E-state index in [9.17, 15) is 14.4 Å². The van der Waals surface area contributed by atoms with Gasteiger partial charge >= 0.3 is 11.7 Å². The van der Waals surface area contributed by atoms with Crippen LogP contribution in [-0.2, 0) is 14.3 Å². The molecule has 3 rings (SSSR count). The third-order valence-corrected chi connectivity index (χ3v) is 4.40. The minimum absolute atomic E-state index is 0.0568. The Morgan fingerprint density at radius 3 is 2.64 bits per heavy atom. The van der Waals surface area contributed by atoms with Gasteiger partial charge in [0, 0.05) is 32.1 Å². The van der Waals surface area contributed by atoms with Crippen molar-refractivity contribution in [1.29, 1.82) is 0 Å². The largest absolute Gasteiger partial charge is 0.497 e. The second-order valence-corrected chi connectivity index (χ2v) is 5.96. The lowest BCUT2D eigenvalue weighted by Gasteiger charge is -2.32. The van der Waals surface area contributed by atoms with Gasteiger partial charge < -0.3 is 18.8 Å². The molecule has 1 fully saturated rings. The molecule has 1 saturated heterocycles. The van der Waals surface area contributed by atoms with Gasteiger partial charge in [0.1, 0.15) is 5.75 Å². The lowest BCUT2D eigenvalue weighted by Crippen LogP contribution is -2.42. The third kappa shape index (κ3) is 3.52. The Hall–Kier alpha value is -2.77. The van der Waals surface area contributed by atoms with Crippen molar-refractivity contribution in [2.45, 2.75) is 25.8 Å². The van der Waals surface area contributed by atoms with E-state index in [1.165, 1.54) is 6.92 Å². The minimum Gasteiger partial charge on any atom is -0.497 e. The zero-order valence-corrected chi connectivity index (χ0v) is 14.2. The summed E-state index contributed by atoms with van der Waals surface area (Å²) in [5, 5.41) is 0. The normalized spacial score (nSPS) is 15.4. The van der Waals surface area contributed by atoms with Crippen molar-refractivity contribution in [1.82, 2.24) is 9.47 Å². The number of aromatic nitrogens is 1. The van der Waals surface area contributed by atoms with Gasteiger partial charge in [0.15, 0.2) is 12.2 Å². The number of oxazole rings is 1. The van der Waals surface area contributed by atoms with Crippen LogP contribution in [-0.4, -0.2) is 48.1 Å². The van der Waals surface area contributed by atoms with Crippen LogP contribution in [0, 0.1) is 0 Å². The van der Waals surface area contributed by atoms with E-state index < -0.39 is 11.7 Å². The summed E-state index contributed by atoms with van der Waals surface area (Å²) in [5.41, 5.74) is 1.20. The van der Waals surface area contributed by atoms with Crippen LogP contribution in [0.4, 0.5) is 0 Å². The first kappa shape index (κ1) is 17.1. The fraction of sp³-hybridized carbons (Fsp3) is 0.471. The van der Waals surface area contributed by atoms with Crippen LogP contribution in [0.5, 0.6) is 5.75 Å². The number of fused-ring (bicyclic) bond motifs is 1. The summed E-state index contributed by atoms with van der Waals surface area (Å²) in [7, 11) is 1.57. The summed E-state index contributed by atoms with van der Waals surface area (Å²) in [5.74, 6) is -0.461. The highest BCUT2D eigenvalue weighted by atomic mass is 16.5. The van der Waals surface area contributed by atoms with Gasteiger partial charge in [-0.1, -0.05) is 0 Å². The zero-order chi connectivity index (χ0) is 18.0. The quantitative estimate of drug-likeness (QED) is 0.774. The number of rotatable bonds is 4. The molecular weight excluding hydrogens is 328 g/mol. The second-order valence-electron chi connectivity index (χ2n) is 5.96.